The first-order chi connectivity index (χ1) is 9.29. The van der Waals surface area contributed by atoms with Crippen molar-refractivity contribution in [3.63, 3.8) is 0 Å². The third kappa shape index (κ3) is 5.02. The summed E-state index contributed by atoms with van der Waals surface area (Å²) in [5.41, 5.74) is 3.17. The fraction of sp³-hybridized carbons (Fsp3) is 0.562. The normalized spacial score (nSPS) is 14.3. The van der Waals surface area contributed by atoms with Gasteiger partial charge in [0.1, 0.15) is 0 Å². The van der Waals surface area contributed by atoms with Gasteiger partial charge >= 0.3 is 0 Å². The van der Waals surface area contributed by atoms with Crippen molar-refractivity contribution in [2.75, 3.05) is 19.8 Å². The average molecular weight is 258 g/mol. The molecule has 0 bridgehead atoms. The molecule has 1 saturated carbocycles. The van der Waals surface area contributed by atoms with E-state index in [4.69, 9.17) is 10.00 Å². The molecule has 0 saturated heterocycles. The van der Waals surface area contributed by atoms with Gasteiger partial charge in [-0.1, -0.05) is 6.07 Å². The lowest BCUT2D eigenvalue weighted by Gasteiger charge is -2.08. The van der Waals surface area contributed by atoms with Crippen molar-refractivity contribution in [2.24, 2.45) is 5.92 Å². The number of ether oxygens (including phenoxy) is 1. The molecule has 0 aliphatic heterocycles. The van der Waals surface area contributed by atoms with Crippen LogP contribution in [0.2, 0.25) is 0 Å². The molecule has 0 spiro atoms. The summed E-state index contributed by atoms with van der Waals surface area (Å²) < 4.78 is 5.59. The van der Waals surface area contributed by atoms with Crippen LogP contribution < -0.4 is 5.32 Å². The second-order valence-electron chi connectivity index (χ2n) is 5.30. The third-order valence-electron chi connectivity index (χ3n) is 3.48. The van der Waals surface area contributed by atoms with Crippen molar-refractivity contribution < 1.29 is 4.74 Å². The van der Waals surface area contributed by atoms with Gasteiger partial charge in [-0.2, -0.15) is 5.26 Å². The van der Waals surface area contributed by atoms with Crippen LogP contribution in [0.25, 0.3) is 0 Å². The van der Waals surface area contributed by atoms with Crippen molar-refractivity contribution in [3.8, 4) is 6.07 Å². The number of nitrogens with zero attached hydrogens (tertiary/aromatic N) is 1. The Morgan fingerprint density at radius 3 is 2.95 bits per heavy atom. The van der Waals surface area contributed by atoms with Crippen LogP contribution in [0.15, 0.2) is 18.2 Å². The molecule has 1 aliphatic rings. The van der Waals surface area contributed by atoms with E-state index in [1.165, 1.54) is 24.0 Å². The molecule has 1 aliphatic carbocycles. The molecule has 1 fully saturated rings. The van der Waals surface area contributed by atoms with E-state index in [0.717, 1.165) is 44.2 Å². The molecule has 1 aromatic carbocycles. The Labute approximate surface area is 115 Å². The number of rotatable bonds is 8. The zero-order valence-corrected chi connectivity index (χ0v) is 11.6. The van der Waals surface area contributed by atoms with Crippen LogP contribution >= 0.6 is 0 Å². The van der Waals surface area contributed by atoms with Crippen molar-refractivity contribution in [1.29, 1.82) is 5.26 Å². The van der Waals surface area contributed by atoms with Gasteiger partial charge in [0.25, 0.3) is 0 Å². The summed E-state index contributed by atoms with van der Waals surface area (Å²) in [7, 11) is 0. The molecule has 2 rings (SSSR count). The van der Waals surface area contributed by atoms with E-state index in [1.54, 1.807) is 0 Å². The predicted octanol–water partition coefficient (Wildman–Crippen LogP) is 2.77. The fourth-order valence-corrected chi connectivity index (χ4v) is 2.02. The van der Waals surface area contributed by atoms with E-state index in [1.807, 2.05) is 18.2 Å². The Hall–Kier alpha value is -1.37. The first-order valence-electron chi connectivity index (χ1n) is 7.07. The SMILES string of the molecule is Cc1cc(C#N)ccc1CNCCCOCC1CC1. The van der Waals surface area contributed by atoms with E-state index in [2.05, 4.69) is 18.3 Å². The lowest BCUT2D eigenvalue weighted by molar-refractivity contribution is 0.122. The van der Waals surface area contributed by atoms with Gasteiger partial charge in [-0.15, -0.1) is 0 Å². The first kappa shape index (κ1) is 14.0. The monoisotopic (exact) mass is 258 g/mol. The highest BCUT2D eigenvalue weighted by molar-refractivity contribution is 5.37. The molecular formula is C16H22N2O. The Morgan fingerprint density at radius 1 is 1.42 bits per heavy atom. The molecule has 0 radical (unpaired) electrons. The van der Waals surface area contributed by atoms with E-state index in [0.29, 0.717) is 0 Å². The second-order valence-corrected chi connectivity index (χ2v) is 5.30. The van der Waals surface area contributed by atoms with Crippen LogP contribution in [0.3, 0.4) is 0 Å². The van der Waals surface area contributed by atoms with Crippen LogP contribution in [-0.4, -0.2) is 19.8 Å². The number of benzene rings is 1. The topological polar surface area (TPSA) is 45.0 Å². The standard InChI is InChI=1S/C16H22N2O/c1-13-9-15(10-17)5-6-16(13)11-18-7-2-8-19-12-14-3-4-14/h5-6,9,14,18H,2-4,7-8,11-12H2,1H3. The summed E-state index contributed by atoms with van der Waals surface area (Å²) in [6.07, 6.45) is 3.77. The van der Waals surface area contributed by atoms with Crippen molar-refractivity contribution >= 4 is 0 Å². The molecule has 0 aromatic heterocycles. The minimum absolute atomic E-state index is 0.731. The number of hydrogen-bond donors (Lipinski definition) is 1. The molecule has 0 heterocycles. The first-order valence-corrected chi connectivity index (χ1v) is 7.07. The van der Waals surface area contributed by atoms with E-state index in [9.17, 15) is 0 Å². The largest absolute Gasteiger partial charge is 0.381 e. The van der Waals surface area contributed by atoms with E-state index in [-0.39, 0.29) is 0 Å². The highest BCUT2D eigenvalue weighted by Gasteiger charge is 2.20. The molecule has 3 nitrogen and oxygen atoms in total. The summed E-state index contributed by atoms with van der Waals surface area (Å²) in [6.45, 7) is 5.70. The highest BCUT2D eigenvalue weighted by Crippen LogP contribution is 2.28. The fourth-order valence-electron chi connectivity index (χ4n) is 2.02. The van der Waals surface area contributed by atoms with Gasteiger partial charge < -0.3 is 10.1 Å². The highest BCUT2D eigenvalue weighted by atomic mass is 16.5. The zero-order chi connectivity index (χ0) is 13.5. The van der Waals surface area contributed by atoms with Crippen LogP contribution in [0, 0.1) is 24.2 Å². The Balaban J connectivity index is 1.58. The molecule has 1 N–H and O–H groups in total. The maximum Gasteiger partial charge on any atom is 0.0991 e. The molecule has 0 amide bonds. The minimum Gasteiger partial charge on any atom is -0.381 e. The van der Waals surface area contributed by atoms with Gasteiger partial charge in [0.05, 0.1) is 11.6 Å². The Bertz CT molecular complexity index is 447. The van der Waals surface area contributed by atoms with Crippen LogP contribution in [0.4, 0.5) is 0 Å². The summed E-state index contributed by atoms with van der Waals surface area (Å²) >= 11 is 0. The second kappa shape index (κ2) is 7.28. The van der Waals surface area contributed by atoms with Gasteiger partial charge in [0, 0.05) is 19.8 Å². The van der Waals surface area contributed by atoms with E-state index < -0.39 is 0 Å². The van der Waals surface area contributed by atoms with Gasteiger partial charge in [0.2, 0.25) is 0 Å². The Morgan fingerprint density at radius 2 is 2.26 bits per heavy atom. The predicted molar refractivity (Wildman–Crippen MR) is 75.8 cm³/mol. The molecule has 0 unspecified atom stereocenters. The molecule has 102 valence electrons. The zero-order valence-electron chi connectivity index (χ0n) is 11.6. The molecule has 3 heteroatoms. The molecule has 19 heavy (non-hydrogen) atoms. The van der Waals surface area contributed by atoms with Crippen LogP contribution in [-0.2, 0) is 11.3 Å². The molecule has 1 aromatic rings. The minimum atomic E-state index is 0.731. The van der Waals surface area contributed by atoms with Gasteiger partial charge in [-0.3, -0.25) is 0 Å². The number of nitriles is 1. The lowest BCUT2D eigenvalue weighted by atomic mass is 10.1. The maximum absolute atomic E-state index is 8.81. The molecule has 0 atom stereocenters. The number of hydrogen-bond acceptors (Lipinski definition) is 3. The van der Waals surface area contributed by atoms with Crippen molar-refractivity contribution in [3.05, 3.63) is 34.9 Å². The summed E-state index contributed by atoms with van der Waals surface area (Å²) in [5, 5.41) is 12.2. The summed E-state index contributed by atoms with van der Waals surface area (Å²) in [6, 6.07) is 8.01. The van der Waals surface area contributed by atoms with E-state index >= 15 is 0 Å². The lowest BCUT2D eigenvalue weighted by Crippen LogP contribution is -2.17. The van der Waals surface area contributed by atoms with Crippen LogP contribution in [0.5, 0.6) is 0 Å². The van der Waals surface area contributed by atoms with Crippen molar-refractivity contribution in [2.45, 2.75) is 32.7 Å². The summed E-state index contributed by atoms with van der Waals surface area (Å²) in [4.78, 5) is 0. The average Bonchev–Trinajstić information content (AvgIpc) is 3.23. The maximum atomic E-state index is 8.81. The molecular weight excluding hydrogens is 236 g/mol. The van der Waals surface area contributed by atoms with Gasteiger partial charge in [0.15, 0.2) is 0 Å². The Kier molecular flexibility index (Phi) is 5.38. The number of aryl methyl sites for hydroxylation is 1. The summed E-state index contributed by atoms with van der Waals surface area (Å²) in [5.74, 6) is 0.856. The van der Waals surface area contributed by atoms with Gasteiger partial charge in [-0.25, -0.2) is 0 Å². The third-order valence-corrected chi connectivity index (χ3v) is 3.48. The van der Waals surface area contributed by atoms with Crippen molar-refractivity contribution in [1.82, 2.24) is 5.32 Å². The quantitative estimate of drug-likeness (QED) is 0.729. The van der Waals surface area contributed by atoms with Crippen LogP contribution in [0.1, 0.15) is 36.0 Å². The number of nitrogens with one attached hydrogen (secondary N) is 1. The van der Waals surface area contributed by atoms with Gasteiger partial charge in [-0.05, 0) is 61.9 Å². The smallest absolute Gasteiger partial charge is 0.0991 e.